The van der Waals surface area contributed by atoms with Gasteiger partial charge in [0.15, 0.2) is 0 Å². The number of nitrogens with one attached hydrogen (secondary N) is 1. The van der Waals surface area contributed by atoms with Crippen molar-refractivity contribution in [3.63, 3.8) is 0 Å². The zero-order valence-electron chi connectivity index (χ0n) is 11.2. The van der Waals surface area contributed by atoms with Gasteiger partial charge in [0.1, 0.15) is 12.3 Å². The molecule has 0 radical (unpaired) electrons. The van der Waals surface area contributed by atoms with Gasteiger partial charge in [0.25, 0.3) is 5.91 Å². The summed E-state index contributed by atoms with van der Waals surface area (Å²) in [6.07, 6.45) is 1.89. The van der Waals surface area contributed by atoms with Crippen LogP contribution in [-0.4, -0.2) is 22.2 Å². The summed E-state index contributed by atoms with van der Waals surface area (Å²) in [4.78, 5) is 14.0. The number of carbonyl (C=O) groups excluding carboxylic acids is 1. The van der Waals surface area contributed by atoms with E-state index in [2.05, 4.69) is 17.2 Å². The maximum atomic E-state index is 12.0. The average molecular weight is 288 g/mol. The number of thiophene rings is 1. The number of amides is 1. The molecular weight excluding hydrogens is 272 g/mol. The highest BCUT2D eigenvalue weighted by Gasteiger charge is 2.09. The Bertz CT molecular complexity index is 646. The van der Waals surface area contributed by atoms with E-state index in [-0.39, 0.29) is 12.5 Å². The molecule has 0 fully saturated rings. The van der Waals surface area contributed by atoms with Crippen LogP contribution in [0.5, 0.6) is 0 Å². The Morgan fingerprint density at radius 3 is 3.05 bits per heavy atom. The lowest BCUT2D eigenvalue weighted by molar-refractivity contribution is 0.0942. The Labute approximate surface area is 122 Å². The Kier molecular flexibility index (Phi) is 4.99. The van der Waals surface area contributed by atoms with Gasteiger partial charge in [-0.3, -0.25) is 4.79 Å². The summed E-state index contributed by atoms with van der Waals surface area (Å²) in [5, 5.41) is 11.5. The van der Waals surface area contributed by atoms with Crippen LogP contribution in [0.1, 0.15) is 27.2 Å². The van der Waals surface area contributed by atoms with Crippen LogP contribution in [0.3, 0.4) is 0 Å². The van der Waals surface area contributed by atoms with Crippen molar-refractivity contribution in [3.8, 4) is 11.8 Å². The van der Waals surface area contributed by atoms with Crippen molar-refractivity contribution < 1.29 is 9.90 Å². The van der Waals surface area contributed by atoms with E-state index >= 15 is 0 Å². The zero-order chi connectivity index (χ0) is 14.4. The van der Waals surface area contributed by atoms with Crippen molar-refractivity contribution in [1.82, 2.24) is 9.88 Å². The summed E-state index contributed by atoms with van der Waals surface area (Å²) < 4.78 is 1.90. The molecular formula is C15H16N2O2S. The fourth-order valence-electron chi connectivity index (χ4n) is 1.82. The molecule has 2 N–H and O–H groups in total. The van der Waals surface area contributed by atoms with Gasteiger partial charge < -0.3 is 15.0 Å². The molecule has 0 saturated heterocycles. The van der Waals surface area contributed by atoms with Crippen LogP contribution in [0.4, 0.5) is 0 Å². The number of hydrogen-bond acceptors (Lipinski definition) is 3. The van der Waals surface area contributed by atoms with Crippen LogP contribution in [0, 0.1) is 11.8 Å². The highest BCUT2D eigenvalue weighted by atomic mass is 32.1. The monoisotopic (exact) mass is 288 g/mol. The number of aryl methyl sites for hydroxylation is 1. The van der Waals surface area contributed by atoms with Crippen molar-refractivity contribution in [3.05, 3.63) is 45.9 Å². The Morgan fingerprint density at radius 2 is 2.30 bits per heavy atom. The summed E-state index contributed by atoms with van der Waals surface area (Å²) in [6.45, 7) is 3.12. The second-order valence-corrected chi connectivity index (χ2v) is 5.26. The molecule has 0 aliphatic carbocycles. The zero-order valence-corrected chi connectivity index (χ0v) is 12.0. The van der Waals surface area contributed by atoms with Gasteiger partial charge in [-0.1, -0.05) is 11.8 Å². The van der Waals surface area contributed by atoms with Gasteiger partial charge in [0.05, 0.1) is 11.4 Å². The van der Waals surface area contributed by atoms with Gasteiger partial charge in [0.2, 0.25) is 0 Å². The molecule has 0 aliphatic heterocycles. The van der Waals surface area contributed by atoms with Gasteiger partial charge >= 0.3 is 0 Å². The lowest BCUT2D eigenvalue weighted by Gasteiger charge is -2.06. The summed E-state index contributed by atoms with van der Waals surface area (Å²) in [5.74, 6) is 5.38. The predicted molar refractivity (Wildman–Crippen MR) is 79.6 cm³/mol. The number of rotatable bonds is 4. The average Bonchev–Trinajstić information content (AvgIpc) is 3.11. The minimum absolute atomic E-state index is 0.0757. The third kappa shape index (κ3) is 3.50. The van der Waals surface area contributed by atoms with E-state index in [4.69, 9.17) is 5.11 Å². The molecule has 0 bridgehead atoms. The predicted octanol–water partition coefficient (Wildman–Crippen LogP) is 1.84. The van der Waals surface area contributed by atoms with Crippen molar-refractivity contribution >= 4 is 17.2 Å². The minimum Gasteiger partial charge on any atom is -0.384 e. The molecule has 0 saturated carbocycles. The fourth-order valence-corrected chi connectivity index (χ4v) is 2.64. The first-order valence-corrected chi connectivity index (χ1v) is 7.18. The number of aromatic nitrogens is 1. The highest BCUT2D eigenvalue weighted by molar-refractivity contribution is 7.12. The second-order valence-electron chi connectivity index (χ2n) is 4.09. The first kappa shape index (κ1) is 14.4. The number of hydrogen-bond donors (Lipinski definition) is 2. The Morgan fingerprint density at radius 1 is 1.45 bits per heavy atom. The molecule has 1 amide bonds. The number of carbonyl (C=O) groups is 1. The van der Waals surface area contributed by atoms with Crippen molar-refractivity contribution in [2.75, 3.05) is 6.61 Å². The molecule has 0 spiro atoms. The standard InChI is InChI=1S/C15H16N2O2S/c1-2-17-9-3-6-14(17)15(19)16-11-13-8-7-12(20-13)5-4-10-18/h3,6-9,18H,2,10-11H2,1H3,(H,16,19). The first-order valence-electron chi connectivity index (χ1n) is 6.36. The van der Waals surface area contributed by atoms with E-state index in [1.165, 1.54) is 11.3 Å². The lowest BCUT2D eigenvalue weighted by atomic mass is 10.3. The normalized spacial score (nSPS) is 9.90. The summed E-state index contributed by atoms with van der Waals surface area (Å²) >= 11 is 1.52. The summed E-state index contributed by atoms with van der Waals surface area (Å²) in [5.41, 5.74) is 0.671. The molecule has 0 unspecified atom stereocenters. The number of aliphatic hydroxyl groups excluding tert-OH is 1. The molecule has 5 heteroatoms. The molecule has 2 rings (SSSR count). The smallest absolute Gasteiger partial charge is 0.268 e. The Hall–Kier alpha value is -2.03. The SMILES string of the molecule is CCn1cccc1C(=O)NCc1ccc(C#CCO)s1. The van der Waals surface area contributed by atoms with E-state index in [1.54, 1.807) is 0 Å². The van der Waals surface area contributed by atoms with Crippen molar-refractivity contribution in [2.45, 2.75) is 20.0 Å². The van der Waals surface area contributed by atoms with Gasteiger partial charge in [-0.2, -0.15) is 0 Å². The molecule has 104 valence electrons. The van der Waals surface area contributed by atoms with E-state index in [1.807, 2.05) is 42.0 Å². The van der Waals surface area contributed by atoms with Crippen molar-refractivity contribution in [1.29, 1.82) is 0 Å². The first-order chi connectivity index (χ1) is 9.74. The summed E-state index contributed by atoms with van der Waals surface area (Å²) in [7, 11) is 0. The summed E-state index contributed by atoms with van der Waals surface area (Å²) in [6, 6.07) is 7.51. The molecule has 0 atom stereocenters. The Balaban J connectivity index is 1.95. The molecule has 0 aliphatic rings. The van der Waals surface area contributed by atoms with Crippen LogP contribution in [-0.2, 0) is 13.1 Å². The molecule has 0 aromatic carbocycles. The lowest BCUT2D eigenvalue weighted by Crippen LogP contribution is -2.24. The fraction of sp³-hybridized carbons (Fsp3) is 0.267. The molecule has 2 aromatic heterocycles. The highest BCUT2D eigenvalue weighted by Crippen LogP contribution is 2.15. The van der Waals surface area contributed by atoms with Crippen LogP contribution in [0.15, 0.2) is 30.5 Å². The van der Waals surface area contributed by atoms with Gasteiger partial charge in [0, 0.05) is 17.6 Å². The second kappa shape index (κ2) is 6.94. The largest absolute Gasteiger partial charge is 0.384 e. The molecule has 20 heavy (non-hydrogen) atoms. The molecule has 2 heterocycles. The number of nitrogens with zero attached hydrogens (tertiary/aromatic N) is 1. The van der Waals surface area contributed by atoms with Gasteiger partial charge in [-0.25, -0.2) is 0 Å². The van der Waals surface area contributed by atoms with Crippen LogP contribution < -0.4 is 5.32 Å². The van der Waals surface area contributed by atoms with E-state index in [9.17, 15) is 4.79 Å². The third-order valence-electron chi connectivity index (χ3n) is 2.78. The maximum absolute atomic E-state index is 12.0. The van der Waals surface area contributed by atoms with Crippen molar-refractivity contribution in [2.24, 2.45) is 0 Å². The topological polar surface area (TPSA) is 54.3 Å². The van der Waals surface area contributed by atoms with E-state index in [0.29, 0.717) is 12.2 Å². The van der Waals surface area contributed by atoms with E-state index in [0.717, 1.165) is 16.3 Å². The molecule has 2 aromatic rings. The quantitative estimate of drug-likeness (QED) is 0.844. The van der Waals surface area contributed by atoms with Crippen LogP contribution >= 0.6 is 11.3 Å². The number of aliphatic hydroxyl groups is 1. The van der Waals surface area contributed by atoms with Gasteiger partial charge in [-0.15, -0.1) is 11.3 Å². The third-order valence-corrected chi connectivity index (χ3v) is 3.78. The minimum atomic E-state index is -0.141. The maximum Gasteiger partial charge on any atom is 0.268 e. The van der Waals surface area contributed by atoms with Crippen LogP contribution in [0.2, 0.25) is 0 Å². The van der Waals surface area contributed by atoms with Gasteiger partial charge in [-0.05, 0) is 31.2 Å². The van der Waals surface area contributed by atoms with E-state index < -0.39 is 0 Å². The van der Waals surface area contributed by atoms with Crippen LogP contribution in [0.25, 0.3) is 0 Å². The molecule has 4 nitrogen and oxygen atoms in total.